The second kappa shape index (κ2) is 8.62. The van der Waals surface area contributed by atoms with Gasteiger partial charge in [-0.25, -0.2) is 0 Å². The molecule has 0 spiro atoms. The fourth-order valence-corrected chi connectivity index (χ4v) is 4.14. The van der Waals surface area contributed by atoms with Gasteiger partial charge in [0.1, 0.15) is 0 Å². The normalized spacial score (nSPS) is 16.3. The van der Waals surface area contributed by atoms with Crippen molar-refractivity contribution in [1.29, 1.82) is 0 Å². The quantitative estimate of drug-likeness (QED) is 0.740. The minimum absolute atomic E-state index is 0.965. The van der Waals surface area contributed by atoms with Gasteiger partial charge in [-0.15, -0.1) is 11.3 Å². The van der Waals surface area contributed by atoms with E-state index >= 15 is 0 Å². The molecular weight excluding hydrogens is 304 g/mol. The van der Waals surface area contributed by atoms with E-state index < -0.39 is 0 Å². The maximum Gasteiger partial charge on any atom is 0.0536 e. The smallest absolute Gasteiger partial charge is 0.0536 e. The minimum Gasteiger partial charge on any atom is -0.299 e. The maximum absolute atomic E-state index is 4.29. The highest BCUT2D eigenvalue weighted by Gasteiger charge is 2.12. The van der Waals surface area contributed by atoms with Gasteiger partial charge >= 0.3 is 0 Å². The predicted molar refractivity (Wildman–Crippen MR) is 96.6 cm³/mol. The topological polar surface area (TPSA) is 24.3 Å². The first-order chi connectivity index (χ1) is 11.3. The molecule has 1 aliphatic heterocycles. The first kappa shape index (κ1) is 16.7. The van der Waals surface area contributed by atoms with Crippen LogP contribution in [-0.2, 0) is 19.6 Å². The Morgan fingerprint density at radius 1 is 1.26 bits per heavy atom. The molecule has 5 heteroatoms. The first-order valence-corrected chi connectivity index (χ1v) is 9.70. The lowest BCUT2D eigenvalue weighted by Gasteiger charge is -2.25. The predicted octanol–water partition coefficient (Wildman–Crippen LogP) is 3.45. The van der Waals surface area contributed by atoms with Crippen molar-refractivity contribution in [3.63, 3.8) is 0 Å². The highest BCUT2D eigenvalue weighted by molar-refractivity contribution is 7.10. The van der Waals surface area contributed by atoms with E-state index in [1.807, 2.05) is 34.5 Å². The highest BCUT2D eigenvalue weighted by Crippen LogP contribution is 2.20. The number of aromatic nitrogens is 2. The van der Waals surface area contributed by atoms with Crippen molar-refractivity contribution in [3.05, 3.63) is 40.3 Å². The minimum atomic E-state index is 0.965. The molecule has 0 atom stereocenters. The maximum atomic E-state index is 4.29. The molecule has 0 bridgehead atoms. The molecule has 0 radical (unpaired) electrons. The van der Waals surface area contributed by atoms with Gasteiger partial charge in [-0.3, -0.25) is 14.5 Å². The van der Waals surface area contributed by atoms with Crippen LogP contribution in [0.1, 0.15) is 36.6 Å². The number of piperidine rings is 1. The lowest BCUT2D eigenvalue weighted by molar-refractivity contribution is 0.221. The fourth-order valence-electron chi connectivity index (χ4n) is 3.21. The van der Waals surface area contributed by atoms with Gasteiger partial charge in [-0.05, 0) is 55.6 Å². The number of likely N-dealkylation sites (tertiary alicyclic amines) is 1. The molecule has 1 saturated heterocycles. The SMILES string of the molecule is CCN(CCn1cccn1)Cc1cc(CN2CCCCC2)cs1. The average Bonchev–Trinajstić information content (AvgIpc) is 3.24. The Labute approximate surface area is 143 Å². The van der Waals surface area contributed by atoms with Gasteiger partial charge in [0.15, 0.2) is 0 Å². The molecule has 0 aromatic carbocycles. The van der Waals surface area contributed by atoms with Crippen LogP contribution in [0.3, 0.4) is 0 Å². The van der Waals surface area contributed by atoms with E-state index in [9.17, 15) is 0 Å². The third kappa shape index (κ3) is 5.16. The molecule has 3 heterocycles. The molecule has 0 saturated carbocycles. The molecule has 1 fully saturated rings. The third-order valence-electron chi connectivity index (χ3n) is 4.59. The molecular formula is C18H28N4S. The Balaban J connectivity index is 1.48. The average molecular weight is 333 g/mol. The van der Waals surface area contributed by atoms with Crippen LogP contribution in [0.25, 0.3) is 0 Å². The van der Waals surface area contributed by atoms with E-state index in [4.69, 9.17) is 0 Å². The summed E-state index contributed by atoms with van der Waals surface area (Å²) >= 11 is 1.91. The second-order valence-electron chi connectivity index (χ2n) is 6.40. The summed E-state index contributed by atoms with van der Waals surface area (Å²) in [6.07, 6.45) is 8.04. The Morgan fingerprint density at radius 3 is 2.87 bits per heavy atom. The van der Waals surface area contributed by atoms with Crippen LogP contribution < -0.4 is 0 Å². The van der Waals surface area contributed by atoms with E-state index in [1.165, 1.54) is 42.8 Å². The molecule has 0 amide bonds. The van der Waals surface area contributed by atoms with Crippen molar-refractivity contribution in [1.82, 2.24) is 19.6 Å². The van der Waals surface area contributed by atoms with Gasteiger partial charge in [-0.1, -0.05) is 13.3 Å². The lowest BCUT2D eigenvalue weighted by atomic mass is 10.1. The number of rotatable bonds is 8. The fraction of sp³-hybridized carbons (Fsp3) is 0.611. The lowest BCUT2D eigenvalue weighted by Crippen LogP contribution is -2.29. The number of likely N-dealkylation sites (N-methyl/N-ethyl adjacent to an activating group) is 1. The van der Waals surface area contributed by atoms with Crippen molar-refractivity contribution in [2.24, 2.45) is 0 Å². The molecule has 3 rings (SSSR count). The standard InChI is InChI=1S/C18H28N4S/c1-2-20(11-12-22-10-6-7-19-22)15-18-13-17(16-23-18)14-21-8-4-3-5-9-21/h6-7,10,13,16H,2-5,8-9,11-12,14-15H2,1H3. The van der Waals surface area contributed by atoms with Gasteiger partial charge in [0.2, 0.25) is 0 Å². The van der Waals surface area contributed by atoms with Crippen LogP contribution in [0.2, 0.25) is 0 Å². The molecule has 0 aliphatic carbocycles. The molecule has 2 aromatic rings. The van der Waals surface area contributed by atoms with Crippen molar-refractivity contribution in [3.8, 4) is 0 Å². The van der Waals surface area contributed by atoms with Crippen molar-refractivity contribution < 1.29 is 0 Å². The van der Waals surface area contributed by atoms with Gasteiger partial charge in [0.25, 0.3) is 0 Å². The zero-order valence-electron chi connectivity index (χ0n) is 14.2. The number of hydrogen-bond acceptors (Lipinski definition) is 4. The molecule has 4 nitrogen and oxygen atoms in total. The van der Waals surface area contributed by atoms with Gasteiger partial charge in [-0.2, -0.15) is 5.10 Å². The Kier molecular flexibility index (Phi) is 6.25. The molecule has 1 aliphatic rings. The first-order valence-electron chi connectivity index (χ1n) is 8.82. The zero-order chi connectivity index (χ0) is 15.9. The summed E-state index contributed by atoms with van der Waals surface area (Å²) in [7, 11) is 0. The van der Waals surface area contributed by atoms with Crippen LogP contribution in [0.5, 0.6) is 0 Å². The molecule has 23 heavy (non-hydrogen) atoms. The van der Waals surface area contributed by atoms with E-state index in [2.05, 4.69) is 33.3 Å². The van der Waals surface area contributed by atoms with E-state index in [0.29, 0.717) is 0 Å². The van der Waals surface area contributed by atoms with Crippen LogP contribution in [0.15, 0.2) is 29.9 Å². The van der Waals surface area contributed by atoms with Crippen LogP contribution in [0.4, 0.5) is 0 Å². The van der Waals surface area contributed by atoms with Gasteiger partial charge in [0.05, 0.1) is 6.54 Å². The van der Waals surface area contributed by atoms with E-state index in [1.54, 1.807) is 0 Å². The Hall–Kier alpha value is -1.17. The molecule has 0 unspecified atom stereocenters. The molecule has 2 aromatic heterocycles. The second-order valence-corrected chi connectivity index (χ2v) is 7.39. The van der Waals surface area contributed by atoms with E-state index in [0.717, 1.165) is 32.7 Å². The number of thiophene rings is 1. The summed E-state index contributed by atoms with van der Waals surface area (Å²) in [6, 6.07) is 4.40. The van der Waals surface area contributed by atoms with Crippen LogP contribution in [-0.4, -0.2) is 45.8 Å². The summed E-state index contributed by atoms with van der Waals surface area (Å²) in [5, 5.41) is 6.64. The van der Waals surface area contributed by atoms with Crippen molar-refractivity contribution in [2.75, 3.05) is 26.2 Å². The summed E-state index contributed by atoms with van der Waals surface area (Å²) < 4.78 is 2.01. The Bertz CT molecular complexity index is 557. The molecule has 0 N–H and O–H groups in total. The molecule has 126 valence electrons. The number of nitrogens with zero attached hydrogens (tertiary/aromatic N) is 4. The highest BCUT2D eigenvalue weighted by atomic mass is 32.1. The van der Waals surface area contributed by atoms with Crippen molar-refractivity contribution >= 4 is 11.3 Å². The summed E-state index contributed by atoms with van der Waals surface area (Å²) in [6.45, 7) is 10.1. The summed E-state index contributed by atoms with van der Waals surface area (Å²) in [5.41, 5.74) is 1.50. The van der Waals surface area contributed by atoms with Gasteiger partial charge in [0, 0.05) is 36.9 Å². The monoisotopic (exact) mass is 332 g/mol. The zero-order valence-corrected chi connectivity index (χ0v) is 15.0. The summed E-state index contributed by atoms with van der Waals surface area (Å²) in [4.78, 5) is 6.59. The Morgan fingerprint density at radius 2 is 2.13 bits per heavy atom. The van der Waals surface area contributed by atoms with E-state index in [-0.39, 0.29) is 0 Å². The third-order valence-corrected chi connectivity index (χ3v) is 5.56. The van der Waals surface area contributed by atoms with Crippen molar-refractivity contribution in [2.45, 2.75) is 45.8 Å². The summed E-state index contributed by atoms with van der Waals surface area (Å²) in [5.74, 6) is 0. The van der Waals surface area contributed by atoms with Crippen LogP contribution >= 0.6 is 11.3 Å². The van der Waals surface area contributed by atoms with Crippen LogP contribution in [0, 0.1) is 0 Å². The number of hydrogen-bond donors (Lipinski definition) is 0. The van der Waals surface area contributed by atoms with Gasteiger partial charge < -0.3 is 0 Å². The largest absolute Gasteiger partial charge is 0.299 e.